The van der Waals surface area contributed by atoms with Crippen LogP contribution in [0.5, 0.6) is 0 Å². The van der Waals surface area contributed by atoms with Crippen LogP contribution in [0.4, 0.5) is 0 Å². The number of likely N-dealkylation sites (N-methyl/N-ethyl adjacent to an activating group) is 1. The fraction of sp³-hybridized carbons (Fsp3) is 0.444. The molecule has 1 aromatic carbocycles. The standard InChI is InChI=1S/C18H23NO/c1-12-9-17(13(2)20-12)18(19-3)11-14-7-8-15-5-4-6-16(15)10-14/h7-10,18-19H,4-6,11H2,1-3H3. The second-order valence-corrected chi connectivity index (χ2v) is 5.87. The lowest BCUT2D eigenvalue weighted by Gasteiger charge is -2.16. The van der Waals surface area contributed by atoms with Gasteiger partial charge in [0.25, 0.3) is 0 Å². The van der Waals surface area contributed by atoms with Crippen molar-refractivity contribution in [2.45, 2.75) is 45.6 Å². The predicted molar refractivity (Wildman–Crippen MR) is 82.2 cm³/mol. The van der Waals surface area contributed by atoms with Gasteiger partial charge in [-0.15, -0.1) is 0 Å². The van der Waals surface area contributed by atoms with Crippen LogP contribution in [0.3, 0.4) is 0 Å². The Morgan fingerprint density at radius 1 is 1.15 bits per heavy atom. The number of nitrogens with one attached hydrogen (secondary N) is 1. The molecule has 1 unspecified atom stereocenters. The lowest BCUT2D eigenvalue weighted by Crippen LogP contribution is -2.19. The third-order valence-electron chi connectivity index (χ3n) is 4.41. The van der Waals surface area contributed by atoms with Crippen LogP contribution >= 0.6 is 0 Å². The summed E-state index contributed by atoms with van der Waals surface area (Å²) in [6, 6.07) is 9.49. The van der Waals surface area contributed by atoms with Crippen LogP contribution in [-0.4, -0.2) is 7.05 Å². The number of aryl methyl sites for hydroxylation is 4. The van der Waals surface area contributed by atoms with E-state index in [4.69, 9.17) is 4.42 Å². The summed E-state index contributed by atoms with van der Waals surface area (Å²) in [5.74, 6) is 2.02. The van der Waals surface area contributed by atoms with Gasteiger partial charge >= 0.3 is 0 Å². The van der Waals surface area contributed by atoms with Crippen LogP contribution in [0.25, 0.3) is 0 Å². The summed E-state index contributed by atoms with van der Waals surface area (Å²) in [6.45, 7) is 4.06. The topological polar surface area (TPSA) is 25.2 Å². The number of furan rings is 1. The molecule has 0 amide bonds. The predicted octanol–water partition coefficient (Wildman–Crippen LogP) is 3.89. The van der Waals surface area contributed by atoms with Gasteiger partial charge < -0.3 is 9.73 Å². The second kappa shape index (κ2) is 5.45. The van der Waals surface area contributed by atoms with Gasteiger partial charge in [0.05, 0.1) is 0 Å². The summed E-state index contributed by atoms with van der Waals surface area (Å²) in [6.07, 6.45) is 4.83. The summed E-state index contributed by atoms with van der Waals surface area (Å²) in [5, 5.41) is 3.43. The summed E-state index contributed by atoms with van der Waals surface area (Å²) in [4.78, 5) is 0. The number of rotatable bonds is 4. The molecule has 106 valence electrons. The van der Waals surface area contributed by atoms with Crippen LogP contribution in [-0.2, 0) is 19.3 Å². The van der Waals surface area contributed by atoms with Crippen LogP contribution in [0, 0.1) is 13.8 Å². The van der Waals surface area contributed by atoms with Gasteiger partial charge in [-0.05, 0) is 69.3 Å². The molecule has 0 fully saturated rings. The van der Waals surface area contributed by atoms with Gasteiger partial charge in [0.1, 0.15) is 11.5 Å². The smallest absolute Gasteiger partial charge is 0.105 e. The lowest BCUT2D eigenvalue weighted by atomic mass is 9.97. The molecular weight excluding hydrogens is 246 g/mol. The molecule has 0 bridgehead atoms. The Morgan fingerprint density at radius 3 is 2.65 bits per heavy atom. The maximum atomic E-state index is 5.67. The van der Waals surface area contributed by atoms with Gasteiger partial charge in [-0.3, -0.25) is 0 Å². The normalized spacial score (nSPS) is 15.3. The van der Waals surface area contributed by atoms with Crippen LogP contribution in [0.15, 0.2) is 28.7 Å². The van der Waals surface area contributed by atoms with Crippen molar-refractivity contribution in [3.8, 4) is 0 Å². The molecule has 0 aliphatic heterocycles. The SMILES string of the molecule is CNC(Cc1ccc2c(c1)CCC2)c1cc(C)oc1C. The van der Waals surface area contributed by atoms with Crippen molar-refractivity contribution in [3.63, 3.8) is 0 Å². The number of hydrogen-bond acceptors (Lipinski definition) is 2. The largest absolute Gasteiger partial charge is 0.466 e. The Labute approximate surface area is 121 Å². The molecule has 1 atom stereocenters. The van der Waals surface area contributed by atoms with Gasteiger partial charge in [0, 0.05) is 11.6 Å². The van der Waals surface area contributed by atoms with Crippen molar-refractivity contribution < 1.29 is 4.42 Å². The molecule has 0 saturated heterocycles. The van der Waals surface area contributed by atoms with Crippen LogP contribution in [0.1, 0.15) is 46.2 Å². The van der Waals surface area contributed by atoms with E-state index in [-0.39, 0.29) is 0 Å². The van der Waals surface area contributed by atoms with Gasteiger partial charge in [-0.1, -0.05) is 18.2 Å². The summed E-state index contributed by atoms with van der Waals surface area (Å²) < 4.78 is 5.67. The van der Waals surface area contributed by atoms with E-state index in [0.29, 0.717) is 6.04 Å². The number of fused-ring (bicyclic) bond motifs is 1. The van der Waals surface area contributed by atoms with E-state index in [2.05, 4.69) is 36.5 Å². The monoisotopic (exact) mass is 269 g/mol. The van der Waals surface area contributed by atoms with Crippen molar-refractivity contribution in [3.05, 3.63) is 58.0 Å². The highest BCUT2D eigenvalue weighted by atomic mass is 16.3. The van der Waals surface area contributed by atoms with E-state index in [9.17, 15) is 0 Å². The minimum Gasteiger partial charge on any atom is -0.466 e. The zero-order valence-electron chi connectivity index (χ0n) is 12.6. The molecule has 1 aromatic heterocycles. The molecule has 20 heavy (non-hydrogen) atoms. The van der Waals surface area contributed by atoms with Crippen molar-refractivity contribution in [2.75, 3.05) is 7.05 Å². The molecule has 0 spiro atoms. The summed E-state index contributed by atoms with van der Waals surface area (Å²) in [7, 11) is 2.03. The van der Waals surface area contributed by atoms with E-state index in [1.165, 1.54) is 30.4 Å². The van der Waals surface area contributed by atoms with Crippen molar-refractivity contribution in [1.29, 1.82) is 0 Å². The maximum Gasteiger partial charge on any atom is 0.105 e. The molecule has 1 heterocycles. The van der Waals surface area contributed by atoms with Gasteiger partial charge in [0.15, 0.2) is 0 Å². The molecule has 1 aliphatic carbocycles. The Kier molecular flexibility index (Phi) is 3.66. The first-order valence-corrected chi connectivity index (χ1v) is 7.52. The quantitative estimate of drug-likeness (QED) is 0.911. The zero-order chi connectivity index (χ0) is 14.1. The molecule has 2 heteroatoms. The van der Waals surface area contributed by atoms with E-state index in [1.54, 1.807) is 11.1 Å². The highest BCUT2D eigenvalue weighted by Crippen LogP contribution is 2.27. The highest BCUT2D eigenvalue weighted by Gasteiger charge is 2.17. The van der Waals surface area contributed by atoms with Gasteiger partial charge in [-0.25, -0.2) is 0 Å². The first-order chi connectivity index (χ1) is 9.67. The minimum atomic E-state index is 0.326. The summed E-state index contributed by atoms with van der Waals surface area (Å²) in [5.41, 5.74) is 5.80. The van der Waals surface area contributed by atoms with E-state index < -0.39 is 0 Å². The van der Waals surface area contributed by atoms with E-state index in [0.717, 1.165) is 17.9 Å². The molecule has 3 rings (SSSR count). The maximum absolute atomic E-state index is 5.67. The second-order valence-electron chi connectivity index (χ2n) is 5.87. The van der Waals surface area contributed by atoms with Crippen LogP contribution < -0.4 is 5.32 Å². The molecule has 2 aromatic rings. The lowest BCUT2D eigenvalue weighted by molar-refractivity contribution is 0.490. The molecule has 0 radical (unpaired) electrons. The Morgan fingerprint density at radius 2 is 1.95 bits per heavy atom. The van der Waals surface area contributed by atoms with E-state index >= 15 is 0 Å². The average molecular weight is 269 g/mol. The van der Waals surface area contributed by atoms with Crippen molar-refractivity contribution in [1.82, 2.24) is 5.32 Å². The fourth-order valence-electron chi connectivity index (χ4n) is 3.35. The molecule has 0 saturated carbocycles. The molecular formula is C18H23NO. The van der Waals surface area contributed by atoms with Gasteiger partial charge in [-0.2, -0.15) is 0 Å². The minimum absolute atomic E-state index is 0.326. The third-order valence-corrected chi connectivity index (χ3v) is 4.41. The van der Waals surface area contributed by atoms with Crippen LogP contribution in [0.2, 0.25) is 0 Å². The Balaban J connectivity index is 1.83. The summed E-state index contributed by atoms with van der Waals surface area (Å²) >= 11 is 0. The Bertz CT molecular complexity index is 612. The molecule has 1 aliphatic rings. The Hall–Kier alpha value is -1.54. The van der Waals surface area contributed by atoms with Gasteiger partial charge in [0.2, 0.25) is 0 Å². The molecule has 1 N–H and O–H groups in total. The fourth-order valence-corrected chi connectivity index (χ4v) is 3.35. The first-order valence-electron chi connectivity index (χ1n) is 7.52. The average Bonchev–Trinajstić information content (AvgIpc) is 3.01. The van der Waals surface area contributed by atoms with Crippen molar-refractivity contribution >= 4 is 0 Å². The molecule has 2 nitrogen and oxygen atoms in total. The first kappa shape index (κ1) is 13.4. The van der Waals surface area contributed by atoms with Crippen molar-refractivity contribution in [2.24, 2.45) is 0 Å². The van der Waals surface area contributed by atoms with E-state index in [1.807, 2.05) is 14.0 Å². The highest BCUT2D eigenvalue weighted by molar-refractivity contribution is 5.36. The number of hydrogen-bond donors (Lipinski definition) is 1. The zero-order valence-corrected chi connectivity index (χ0v) is 12.6. The third kappa shape index (κ3) is 2.53. The number of benzene rings is 1.